The maximum atomic E-state index is 13.9. The lowest BCUT2D eigenvalue weighted by Crippen LogP contribution is -2.36. The SMILES string of the molecule is C[C@H](NC(=O)CN(C)Cc1c(F)cccc1Cl)c1cc2ccccc2o1. The smallest absolute Gasteiger partial charge is 0.234 e. The van der Waals surface area contributed by atoms with Crippen molar-refractivity contribution < 1.29 is 13.6 Å². The number of nitrogens with zero attached hydrogens (tertiary/aromatic N) is 1. The van der Waals surface area contributed by atoms with Gasteiger partial charge in [0, 0.05) is 22.5 Å². The van der Waals surface area contributed by atoms with E-state index in [4.69, 9.17) is 16.0 Å². The number of fused-ring (bicyclic) bond motifs is 1. The fourth-order valence-electron chi connectivity index (χ4n) is 2.83. The maximum Gasteiger partial charge on any atom is 0.234 e. The normalized spacial score (nSPS) is 12.5. The summed E-state index contributed by atoms with van der Waals surface area (Å²) in [5.41, 5.74) is 1.17. The molecule has 1 amide bonds. The molecule has 0 aliphatic carbocycles. The fraction of sp³-hybridized carbons (Fsp3) is 0.250. The van der Waals surface area contributed by atoms with Crippen LogP contribution in [0.2, 0.25) is 5.02 Å². The van der Waals surface area contributed by atoms with Gasteiger partial charge in [-0.1, -0.05) is 35.9 Å². The zero-order valence-electron chi connectivity index (χ0n) is 14.6. The predicted octanol–water partition coefficient (Wildman–Crippen LogP) is 4.53. The van der Waals surface area contributed by atoms with Crippen LogP contribution in [0.15, 0.2) is 52.9 Å². The van der Waals surface area contributed by atoms with Crippen LogP contribution in [0.3, 0.4) is 0 Å². The Morgan fingerprint density at radius 3 is 2.77 bits per heavy atom. The molecule has 1 heterocycles. The Balaban J connectivity index is 1.59. The largest absolute Gasteiger partial charge is 0.459 e. The van der Waals surface area contributed by atoms with E-state index in [1.165, 1.54) is 6.07 Å². The molecule has 0 saturated carbocycles. The van der Waals surface area contributed by atoms with Gasteiger partial charge < -0.3 is 9.73 Å². The third-order valence-electron chi connectivity index (χ3n) is 4.15. The molecule has 0 aliphatic heterocycles. The summed E-state index contributed by atoms with van der Waals surface area (Å²) in [6.07, 6.45) is 0. The molecule has 0 radical (unpaired) electrons. The average Bonchev–Trinajstić information content (AvgIpc) is 3.02. The highest BCUT2D eigenvalue weighted by Gasteiger charge is 2.16. The third-order valence-corrected chi connectivity index (χ3v) is 4.51. The molecule has 136 valence electrons. The van der Waals surface area contributed by atoms with Crippen LogP contribution in [0.1, 0.15) is 24.3 Å². The van der Waals surface area contributed by atoms with Gasteiger partial charge >= 0.3 is 0 Å². The number of hydrogen-bond acceptors (Lipinski definition) is 3. The van der Waals surface area contributed by atoms with E-state index >= 15 is 0 Å². The average molecular weight is 375 g/mol. The van der Waals surface area contributed by atoms with Crippen molar-refractivity contribution in [2.24, 2.45) is 0 Å². The topological polar surface area (TPSA) is 45.5 Å². The monoisotopic (exact) mass is 374 g/mol. The Morgan fingerprint density at radius 1 is 1.27 bits per heavy atom. The second-order valence-electron chi connectivity index (χ2n) is 6.35. The fourth-order valence-corrected chi connectivity index (χ4v) is 3.05. The predicted molar refractivity (Wildman–Crippen MR) is 101 cm³/mol. The Morgan fingerprint density at radius 2 is 2.04 bits per heavy atom. The molecule has 1 atom stereocenters. The van der Waals surface area contributed by atoms with E-state index in [1.807, 2.05) is 37.3 Å². The first-order valence-corrected chi connectivity index (χ1v) is 8.71. The number of likely N-dealkylation sites (N-methyl/N-ethyl adjacent to an activating group) is 1. The number of rotatable bonds is 6. The molecule has 0 aliphatic rings. The zero-order chi connectivity index (χ0) is 18.7. The van der Waals surface area contributed by atoms with Gasteiger partial charge in [-0.25, -0.2) is 4.39 Å². The van der Waals surface area contributed by atoms with Crippen LogP contribution >= 0.6 is 11.6 Å². The molecule has 0 bridgehead atoms. The molecule has 0 unspecified atom stereocenters. The Bertz CT molecular complexity index is 872. The van der Waals surface area contributed by atoms with E-state index in [9.17, 15) is 9.18 Å². The first kappa shape index (κ1) is 18.4. The molecule has 26 heavy (non-hydrogen) atoms. The van der Waals surface area contributed by atoms with Crippen molar-refractivity contribution in [3.05, 3.63) is 70.7 Å². The molecule has 6 heteroatoms. The van der Waals surface area contributed by atoms with Crippen LogP contribution in [-0.2, 0) is 11.3 Å². The van der Waals surface area contributed by atoms with Gasteiger partial charge in [0.05, 0.1) is 12.6 Å². The molecular weight excluding hydrogens is 355 g/mol. The minimum Gasteiger partial charge on any atom is -0.459 e. The van der Waals surface area contributed by atoms with Crippen LogP contribution in [0.25, 0.3) is 11.0 Å². The summed E-state index contributed by atoms with van der Waals surface area (Å²) in [4.78, 5) is 14.0. The summed E-state index contributed by atoms with van der Waals surface area (Å²) in [5.74, 6) is 0.146. The van der Waals surface area contributed by atoms with E-state index in [0.29, 0.717) is 16.3 Å². The van der Waals surface area contributed by atoms with Crippen LogP contribution in [0, 0.1) is 5.82 Å². The number of furan rings is 1. The van der Waals surface area contributed by atoms with Gasteiger partial charge in [-0.2, -0.15) is 0 Å². The number of nitrogens with one attached hydrogen (secondary N) is 1. The molecule has 3 aromatic rings. The van der Waals surface area contributed by atoms with E-state index in [0.717, 1.165) is 11.0 Å². The molecule has 1 N–H and O–H groups in total. The number of hydrogen-bond donors (Lipinski definition) is 1. The number of amides is 1. The van der Waals surface area contributed by atoms with Gasteiger partial charge in [0.1, 0.15) is 17.2 Å². The van der Waals surface area contributed by atoms with Gasteiger partial charge in [0.2, 0.25) is 5.91 Å². The maximum absolute atomic E-state index is 13.9. The van der Waals surface area contributed by atoms with Crippen molar-refractivity contribution in [1.82, 2.24) is 10.2 Å². The van der Waals surface area contributed by atoms with Gasteiger partial charge in [-0.05, 0) is 38.2 Å². The quantitative estimate of drug-likeness (QED) is 0.689. The van der Waals surface area contributed by atoms with Crippen molar-refractivity contribution >= 4 is 28.5 Å². The van der Waals surface area contributed by atoms with E-state index in [1.54, 1.807) is 24.1 Å². The molecule has 0 spiro atoms. The minimum absolute atomic E-state index is 0.120. The van der Waals surface area contributed by atoms with Gasteiger partial charge in [-0.15, -0.1) is 0 Å². The molecule has 0 saturated heterocycles. The van der Waals surface area contributed by atoms with Crippen LogP contribution < -0.4 is 5.32 Å². The zero-order valence-corrected chi connectivity index (χ0v) is 15.4. The first-order chi connectivity index (χ1) is 12.4. The molecule has 1 aromatic heterocycles. The second-order valence-corrected chi connectivity index (χ2v) is 6.76. The van der Waals surface area contributed by atoms with Gasteiger partial charge in [0.25, 0.3) is 0 Å². The summed E-state index contributed by atoms with van der Waals surface area (Å²) in [7, 11) is 1.74. The van der Waals surface area contributed by atoms with Crippen LogP contribution in [0.5, 0.6) is 0 Å². The number of carbonyl (C=O) groups is 1. The highest BCUT2D eigenvalue weighted by molar-refractivity contribution is 6.31. The van der Waals surface area contributed by atoms with Gasteiger partial charge in [-0.3, -0.25) is 9.69 Å². The Labute approximate surface area is 156 Å². The van der Waals surface area contributed by atoms with Crippen LogP contribution in [-0.4, -0.2) is 24.4 Å². The number of halogens is 2. The summed E-state index contributed by atoms with van der Waals surface area (Å²) in [5, 5.41) is 4.25. The van der Waals surface area contributed by atoms with E-state index < -0.39 is 0 Å². The number of benzene rings is 2. The standard InChI is InChI=1S/C20H20ClFN2O2/c1-13(19-10-14-6-3-4-9-18(14)26-19)23-20(25)12-24(2)11-15-16(21)7-5-8-17(15)22/h3-10,13H,11-12H2,1-2H3,(H,23,25)/t13-/m0/s1. The Hall–Kier alpha value is -2.37. The molecule has 4 nitrogen and oxygen atoms in total. The van der Waals surface area contributed by atoms with Gasteiger partial charge in [0.15, 0.2) is 0 Å². The molecule has 3 rings (SSSR count). The first-order valence-electron chi connectivity index (χ1n) is 8.33. The summed E-state index contributed by atoms with van der Waals surface area (Å²) >= 11 is 6.03. The lowest BCUT2D eigenvalue weighted by atomic mass is 10.2. The number of carbonyl (C=O) groups excluding carboxylic acids is 1. The third kappa shape index (κ3) is 4.23. The van der Waals surface area contributed by atoms with Crippen molar-refractivity contribution in [2.45, 2.75) is 19.5 Å². The summed E-state index contributed by atoms with van der Waals surface area (Å²) in [6.45, 7) is 2.23. The number of para-hydroxylation sites is 1. The van der Waals surface area contributed by atoms with Crippen LogP contribution in [0.4, 0.5) is 4.39 Å². The molecular formula is C20H20ClFN2O2. The van der Waals surface area contributed by atoms with Crippen molar-refractivity contribution in [1.29, 1.82) is 0 Å². The van der Waals surface area contributed by atoms with E-state index in [-0.39, 0.29) is 30.9 Å². The van der Waals surface area contributed by atoms with Crippen molar-refractivity contribution in [2.75, 3.05) is 13.6 Å². The second kappa shape index (κ2) is 7.89. The minimum atomic E-state index is -0.375. The molecule has 0 fully saturated rings. The summed E-state index contributed by atoms with van der Waals surface area (Å²) in [6, 6.07) is 13.9. The van der Waals surface area contributed by atoms with Crippen molar-refractivity contribution in [3.63, 3.8) is 0 Å². The Kier molecular flexibility index (Phi) is 5.59. The lowest BCUT2D eigenvalue weighted by molar-refractivity contribution is -0.122. The molecule has 2 aromatic carbocycles. The summed E-state index contributed by atoms with van der Waals surface area (Å²) < 4.78 is 19.6. The highest BCUT2D eigenvalue weighted by Crippen LogP contribution is 2.23. The van der Waals surface area contributed by atoms with Crippen molar-refractivity contribution in [3.8, 4) is 0 Å². The highest BCUT2D eigenvalue weighted by atomic mass is 35.5. The van der Waals surface area contributed by atoms with E-state index in [2.05, 4.69) is 5.32 Å². The lowest BCUT2D eigenvalue weighted by Gasteiger charge is -2.19.